The molecule has 3 aliphatic rings. The zero-order valence-corrected chi connectivity index (χ0v) is 32.7. The third kappa shape index (κ3) is 9.93. The number of carbonyl (C=O) groups is 3. The maximum atomic E-state index is 13.7. The second-order valence-electron chi connectivity index (χ2n) is 15.1. The highest BCUT2D eigenvalue weighted by Crippen LogP contribution is 2.49. The summed E-state index contributed by atoms with van der Waals surface area (Å²) in [6, 6.07) is 16.7. The minimum Gasteiger partial charge on any atom is -0.748 e. The predicted molar refractivity (Wildman–Crippen MR) is 202 cm³/mol. The lowest BCUT2D eigenvalue weighted by molar-refractivity contribution is -0.903. The molecule has 0 N–H and O–H groups in total. The summed E-state index contributed by atoms with van der Waals surface area (Å²) in [5.74, 6) is -1.89. The number of ether oxygens (including phenoxy) is 3. The van der Waals surface area contributed by atoms with E-state index in [1.165, 1.54) is 34.7 Å². The zero-order valence-electron chi connectivity index (χ0n) is 31.9. The molecule has 0 saturated carbocycles. The summed E-state index contributed by atoms with van der Waals surface area (Å²) in [4.78, 5) is 54.3. The topological polar surface area (TPSA) is 186 Å². The normalized spacial score (nSPS) is 20.1. The first-order valence-electron chi connectivity index (χ1n) is 18.1. The number of rotatable bonds is 12. The first-order chi connectivity index (χ1) is 25.9. The number of benzene rings is 3. The monoisotopic (exact) mass is 780 g/mol. The SMILES string of the molecule is CC(C)[C@H]1C(=O)N2C(C(=O)OC(=O)c3ccc([N+](=O)[O-])cc3)=C(COc3cccc4c(C[N+](C)(C)CCN5CCOCC5)cccc34)[C@H](C)[C@H]12.CS(=O)(=O)[O-]. The molecule has 3 heterocycles. The fourth-order valence-electron chi connectivity index (χ4n) is 7.46. The van der Waals surface area contributed by atoms with Crippen LogP contribution in [0, 0.1) is 27.9 Å². The minimum absolute atomic E-state index is 0.0191. The van der Waals surface area contributed by atoms with Gasteiger partial charge in [0, 0.05) is 60.5 Å². The van der Waals surface area contributed by atoms with Crippen molar-refractivity contribution in [2.45, 2.75) is 33.4 Å². The van der Waals surface area contributed by atoms with E-state index < -0.39 is 27.0 Å². The molecule has 3 aromatic carbocycles. The molecule has 1 amide bonds. The molecule has 3 atom stereocenters. The lowest BCUT2D eigenvalue weighted by Crippen LogP contribution is -2.62. The van der Waals surface area contributed by atoms with Crippen LogP contribution in [0.3, 0.4) is 0 Å². The van der Waals surface area contributed by atoms with Crippen LogP contribution in [0.25, 0.3) is 10.8 Å². The highest BCUT2D eigenvalue weighted by molar-refractivity contribution is 7.84. The summed E-state index contributed by atoms with van der Waals surface area (Å²) < 4.78 is 45.3. The van der Waals surface area contributed by atoms with Crippen LogP contribution in [-0.4, -0.2) is 122 Å². The summed E-state index contributed by atoms with van der Waals surface area (Å²) in [7, 11) is 0.575. The van der Waals surface area contributed by atoms with Gasteiger partial charge in [-0.25, -0.2) is 18.0 Å². The number of fused-ring (bicyclic) bond motifs is 2. The molecule has 15 nitrogen and oxygen atoms in total. The standard InChI is InChI=1S/C38H45N4O8.CH4O3S/c1-24(2)33-34-25(3)31(35(40(34)36(33)43)38(45)50-37(44)26-12-14-28(15-13-26)41(46)47)23-49-32-11-7-9-29-27(8-6-10-30(29)32)22-42(4,5)19-16-39-17-20-48-21-18-39;1-5(2,3)4/h6-15,24-25,33-34H,16-23H2,1-5H3;1H3,(H,2,3,4)/q+1;/p-1/t25-,33+,34+;/m0./s1. The Kier molecular flexibility index (Phi) is 12.8. The van der Waals surface area contributed by atoms with Crippen molar-refractivity contribution in [2.75, 3.05) is 66.4 Å². The van der Waals surface area contributed by atoms with E-state index in [0.29, 0.717) is 17.6 Å². The second kappa shape index (κ2) is 17.0. The van der Waals surface area contributed by atoms with Crippen LogP contribution in [-0.2, 0) is 35.7 Å². The molecule has 3 aliphatic heterocycles. The average Bonchev–Trinajstić information content (AvgIpc) is 3.36. The van der Waals surface area contributed by atoms with Gasteiger partial charge in [0.1, 0.15) is 24.6 Å². The van der Waals surface area contributed by atoms with Gasteiger partial charge >= 0.3 is 11.9 Å². The first kappa shape index (κ1) is 41.4. The fraction of sp³-hybridized carbons (Fsp3) is 0.462. The van der Waals surface area contributed by atoms with Gasteiger partial charge in [-0.2, -0.15) is 0 Å². The molecular weight excluding hydrogens is 733 g/mol. The lowest BCUT2D eigenvalue weighted by Gasteiger charge is -2.47. The molecule has 0 aliphatic carbocycles. The Morgan fingerprint density at radius 1 is 1.00 bits per heavy atom. The van der Waals surface area contributed by atoms with Gasteiger partial charge in [-0.1, -0.05) is 51.1 Å². The van der Waals surface area contributed by atoms with E-state index in [1.54, 1.807) is 0 Å². The zero-order chi connectivity index (χ0) is 40.2. The number of hydrogen-bond acceptors (Lipinski definition) is 12. The molecule has 0 unspecified atom stereocenters. The van der Waals surface area contributed by atoms with E-state index in [2.05, 4.69) is 31.1 Å². The summed E-state index contributed by atoms with van der Waals surface area (Å²) in [5.41, 5.74) is 1.61. The molecule has 55 heavy (non-hydrogen) atoms. The number of hydrogen-bond donors (Lipinski definition) is 0. The molecule has 0 aromatic heterocycles. The van der Waals surface area contributed by atoms with Crippen LogP contribution < -0.4 is 4.74 Å². The molecular formula is C39H48N4O11S. The Balaban J connectivity index is 0.00000109. The number of esters is 2. The maximum Gasteiger partial charge on any atom is 0.363 e. The molecule has 2 fully saturated rings. The predicted octanol–water partition coefficient (Wildman–Crippen LogP) is 3.97. The highest BCUT2D eigenvalue weighted by Gasteiger charge is 2.59. The van der Waals surface area contributed by atoms with Crippen LogP contribution in [0.5, 0.6) is 5.75 Å². The molecule has 0 spiro atoms. The van der Waals surface area contributed by atoms with Crippen molar-refractivity contribution in [1.82, 2.24) is 9.80 Å². The number of quaternary nitrogens is 1. The Labute approximate surface area is 320 Å². The number of nitrogens with zero attached hydrogens (tertiary/aromatic N) is 4. The molecule has 3 aromatic rings. The number of nitro groups is 1. The minimum atomic E-state index is -3.92. The number of likely N-dealkylation sites (N-methyl/N-ethyl adjacent to an activating group) is 1. The fourth-order valence-corrected chi connectivity index (χ4v) is 7.46. The number of non-ortho nitro benzene ring substituents is 1. The number of carbonyl (C=O) groups excluding carboxylic acids is 3. The summed E-state index contributed by atoms with van der Waals surface area (Å²) >= 11 is 0. The van der Waals surface area contributed by atoms with E-state index in [4.69, 9.17) is 27.2 Å². The number of β-lactam (4-membered cyclic amide) rings is 1. The summed E-state index contributed by atoms with van der Waals surface area (Å²) in [6.45, 7) is 12.3. The van der Waals surface area contributed by atoms with E-state index in [1.807, 2.05) is 45.0 Å². The van der Waals surface area contributed by atoms with Gasteiger partial charge in [0.25, 0.3) is 5.69 Å². The van der Waals surface area contributed by atoms with Crippen LogP contribution in [0.15, 0.2) is 71.9 Å². The van der Waals surface area contributed by atoms with Crippen molar-refractivity contribution in [3.05, 3.63) is 93.2 Å². The highest BCUT2D eigenvalue weighted by atomic mass is 32.2. The van der Waals surface area contributed by atoms with Crippen molar-refractivity contribution in [2.24, 2.45) is 17.8 Å². The molecule has 0 bridgehead atoms. The van der Waals surface area contributed by atoms with Gasteiger partial charge in [0.2, 0.25) is 5.91 Å². The Bertz CT molecular complexity index is 2070. The smallest absolute Gasteiger partial charge is 0.363 e. The van der Waals surface area contributed by atoms with Gasteiger partial charge in [-0.3, -0.25) is 19.8 Å². The van der Waals surface area contributed by atoms with Crippen LogP contribution >= 0.6 is 0 Å². The number of nitro benzene ring substituents is 1. The van der Waals surface area contributed by atoms with Gasteiger partial charge in [0.05, 0.1) is 66.4 Å². The van der Waals surface area contributed by atoms with Crippen molar-refractivity contribution in [1.29, 1.82) is 0 Å². The van der Waals surface area contributed by atoms with Crippen LogP contribution in [0.1, 0.15) is 36.7 Å². The van der Waals surface area contributed by atoms with Crippen molar-refractivity contribution < 1.29 is 51.0 Å². The van der Waals surface area contributed by atoms with Crippen molar-refractivity contribution >= 4 is 44.4 Å². The Hall–Kier alpha value is -4.74. The van der Waals surface area contributed by atoms with Crippen LogP contribution in [0.4, 0.5) is 5.69 Å². The van der Waals surface area contributed by atoms with Gasteiger partial charge in [0.15, 0.2) is 0 Å². The molecule has 6 rings (SSSR count). The number of amides is 1. The Morgan fingerprint density at radius 3 is 2.24 bits per heavy atom. The van der Waals surface area contributed by atoms with Crippen molar-refractivity contribution in [3.63, 3.8) is 0 Å². The molecule has 2 saturated heterocycles. The van der Waals surface area contributed by atoms with Gasteiger partial charge in [-0.05, 0) is 29.5 Å². The third-order valence-electron chi connectivity index (χ3n) is 10.3. The lowest BCUT2D eigenvalue weighted by atomic mass is 9.74. The van der Waals surface area contributed by atoms with E-state index in [-0.39, 0.29) is 53.3 Å². The van der Waals surface area contributed by atoms with Gasteiger partial charge < -0.3 is 28.1 Å². The second-order valence-corrected chi connectivity index (χ2v) is 16.6. The summed E-state index contributed by atoms with van der Waals surface area (Å²) in [5, 5.41) is 13.1. The molecule has 16 heteroatoms. The van der Waals surface area contributed by atoms with E-state index in [0.717, 1.165) is 61.2 Å². The van der Waals surface area contributed by atoms with Crippen molar-refractivity contribution in [3.8, 4) is 5.75 Å². The van der Waals surface area contributed by atoms with Gasteiger partial charge in [-0.15, -0.1) is 0 Å². The first-order valence-corrected chi connectivity index (χ1v) is 19.9. The van der Waals surface area contributed by atoms with E-state index >= 15 is 0 Å². The summed E-state index contributed by atoms with van der Waals surface area (Å²) in [6.07, 6.45) is 0.604. The van der Waals surface area contributed by atoms with E-state index in [9.17, 15) is 24.5 Å². The van der Waals surface area contributed by atoms with Crippen LogP contribution in [0.2, 0.25) is 0 Å². The third-order valence-corrected chi connectivity index (χ3v) is 10.3. The number of morpholine rings is 1. The Morgan fingerprint density at radius 2 is 1.62 bits per heavy atom. The average molecular weight is 781 g/mol. The maximum absolute atomic E-state index is 13.7. The largest absolute Gasteiger partial charge is 0.748 e. The molecule has 296 valence electrons. The quantitative estimate of drug-likeness (QED) is 0.0491. The molecule has 0 radical (unpaired) electrons.